The number of nitrogens with zero attached hydrogens (tertiary/aromatic N) is 2. The zero-order valence-electron chi connectivity index (χ0n) is 16.5. The zero-order valence-corrected chi connectivity index (χ0v) is 16.5. The van der Waals surface area contributed by atoms with E-state index in [1.165, 1.54) is 50.5 Å². The zero-order chi connectivity index (χ0) is 18.8. The lowest BCUT2D eigenvalue weighted by Crippen LogP contribution is -2.54. The van der Waals surface area contributed by atoms with E-state index < -0.39 is 0 Å². The largest absolute Gasteiger partial charge is 0.396 e. The maximum atomic E-state index is 12.3. The van der Waals surface area contributed by atoms with E-state index in [2.05, 4.69) is 16.3 Å². The molecule has 2 N–H and O–H groups in total. The van der Waals surface area contributed by atoms with Gasteiger partial charge in [0.05, 0.1) is 5.56 Å². The van der Waals surface area contributed by atoms with Crippen molar-refractivity contribution in [2.45, 2.75) is 76.3 Å². The maximum absolute atomic E-state index is 12.3. The average molecular weight is 372 g/mol. The summed E-state index contributed by atoms with van der Waals surface area (Å²) >= 11 is 0. The second-order valence-electron chi connectivity index (χ2n) is 8.76. The molecule has 1 aliphatic heterocycles. The van der Waals surface area contributed by atoms with Crippen LogP contribution in [0.1, 0.15) is 80.1 Å². The summed E-state index contributed by atoms with van der Waals surface area (Å²) < 4.78 is 0. The summed E-state index contributed by atoms with van der Waals surface area (Å²) in [6, 6.07) is 3.02. The van der Waals surface area contributed by atoms with Crippen LogP contribution in [0.25, 0.3) is 0 Å². The number of nitrogens with one attached hydrogen (secondary N) is 1. The van der Waals surface area contributed by atoms with E-state index in [9.17, 15) is 9.90 Å². The Morgan fingerprint density at radius 2 is 2.00 bits per heavy atom. The first-order chi connectivity index (χ1) is 13.2. The Bertz CT molecular complexity index is 668. The Hall–Kier alpha value is -1.46. The summed E-state index contributed by atoms with van der Waals surface area (Å²) in [5.74, 6) is 1.68. The van der Waals surface area contributed by atoms with Crippen LogP contribution in [0.2, 0.25) is 0 Å². The van der Waals surface area contributed by atoms with Gasteiger partial charge in [-0.3, -0.25) is 4.79 Å². The smallest absolute Gasteiger partial charge is 0.163 e. The number of Topliss-reactive ketones (excluding diaryl/α,β-unsaturated/α-hetero) is 1. The van der Waals surface area contributed by atoms with Gasteiger partial charge in [-0.25, -0.2) is 4.98 Å². The molecule has 2 unspecified atom stereocenters. The summed E-state index contributed by atoms with van der Waals surface area (Å²) in [6.45, 7) is 3.46. The van der Waals surface area contributed by atoms with Gasteiger partial charge >= 0.3 is 0 Å². The highest BCUT2D eigenvalue weighted by atomic mass is 16.3. The van der Waals surface area contributed by atoms with E-state index in [0.29, 0.717) is 18.0 Å². The number of aliphatic hydroxyl groups is 1. The third-order valence-electron chi connectivity index (χ3n) is 6.64. The number of aliphatic hydroxyl groups excluding tert-OH is 1. The number of aromatic nitrogens is 1. The quantitative estimate of drug-likeness (QED) is 0.752. The maximum Gasteiger partial charge on any atom is 0.163 e. The van der Waals surface area contributed by atoms with Crippen molar-refractivity contribution in [2.75, 3.05) is 24.6 Å². The number of anilines is 1. The van der Waals surface area contributed by atoms with Crippen molar-refractivity contribution in [1.82, 2.24) is 10.3 Å². The lowest BCUT2D eigenvalue weighted by molar-refractivity contribution is 0.101. The normalized spacial score (nSPS) is 27.0. The number of rotatable bonds is 6. The lowest BCUT2D eigenvalue weighted by Gasteiger charge is -2.41. The van der Waals surface area contributed by atoms with Gasteiger partial charge in [0.15, 0.2) is 5.78 Å². The Morgan fingerprint density at radius 3 is 2.67 bits per heavy atom. The van der Waals surface area contributed by atoms with Crippen LogP contribution in [-0.2, 0) is 0 Å². The molecular weight excluding hydrogens is 338 g/mol. The molecule has 0 amide bonds. The van der Waals surface area contributed by atoms with E-state index >= 15 is 0 Å². The van der Waals surface area contributed by atoms with Crippen molar-refractivity contribution in [3.8, 4) is 0 Å². The van der Waals surface area contributed by atoms with Gasteiger partial charge in [-0.05, 0) is 56.6 Å². The Kier molecular flexibility index (Phi) is 5.79. The molecule has 27 heavy (non-hydrogen) atoms. The van der Waals surface area contributed by atoms with Crippen LogP contribution in [-0.4, -0.2) is 47.7 Å². The molecule has 2 saturated carbocycles. The van der Waals surface area contributed by atoms with Crippen molar-refractivity contribution >= 4 is 11.6 Å². The minimum Gasteiger partial charge on any atom is -0.396 e. The summed E-state index contributed by atoms with van der Waals surface area (Å²) in [5, 5.41) is 13.8. The number of piperidine rings is 1. The number of hydrogen-bond donors (Lipinski definition) is 2. The Labute approximate surface area is 162 Å². The summed E-state index contributed by atoms with van der Waals surface area (Å²) in [6.07, 6.45) is 11.9. The molecule has 148 valence electrons. The summed E-state index contributed by atoms with van der Waals surface area (Å²) in [7, 11) is 0. The average Bonchev–Trinajstić information content (AvgIpc) is 3.54. The van der Waals surface area contributed by atoms with Crippen molar-refractivity contribution in [2.24, 2.45) is 5.92 Å². The van der Waals surface area contributed by atoms with E-state index in [1.807, 2.05) is 6.20 Å². The first-order valence-electron chi connectivity index (χ1n) is 10.8. The molecule has 5 nitrogen and oxygen atoms in total. The molecule has 0 aromatic carbocycles. The fourth-order valence-corrected chi connectivity index (χ4v) is 4.83. The number of hydrogen-bond acceptors (Lipinski definition) is 5. The highest BCUT2D eigenvalue weighted by Crippen LogP contribution is 2.41. The number of carbonyl (C=O) groups excluding carboxylic acids is 1. The second kappa shape index (κ2) is 8.27. The van der Waals surface area contributed by atoms with Gasteiger partial charge in [0.2, 0.25) is 0 Å². The number of ketones is 1. The molecule has 1 aromatic rings. The van der Waals surface area contributed by atoms with Gasteiger partial charge in [-0.2, -0.15) is 0 Å². The summed E-state index contributed by atoms with van der Waals surface area (Å²) in [5.41, 5.74) is 1.95. The van der Waals surface area contributed by atoms with E-state index in [4.69, 9.17) is 4.98 Å². The fourth-order valence-electron chi connectivity index (χ4n) is 4.83. The van der Waals surface area contributed by atoms with E-state index in [1.54, 1.807) is 6.92 Å². The van der Waals surface area contributed by atoms with Crippen LogP contribution in [0.15, 0.2) is 12.3 Å². The molecule has 2 atom stereocenters. The molecule has 0 bridgehead atoms. The third-order valence-corrected chi connectivity index (χ3v) is 6.64. The highest BCUT2D eigenvalue weighted by molar-refractivity contribution is 5.99. The molecule has 1 saturated heterocycles. The standard InChI is InChI=1S/C22H33N3O2/c1-15(27)20-11-17(16-7-8-16)12-23-22(20)25-10-9-21(18(13-25)14-26)24-19-5-3-2-4-6-19/h11-12,16,18-19,21,24,26H,2-10,13-14H2,1H3. The second-order valence-corrected chi connectivity index (χ2v) is 8.76. The van der Waals surface area contributed by atoms with Crippen molar-refractivity contribution in [1.29, 1.82) is 0 Å². The van der Waals surface area contributed by atoms with Gasteiger partial charge in [0.25, 0.3) is 0 Å². The summed E-state index contributed by atoms with van der Waals surface area (Å²) in [4.78, 5) is 19.2. The molecule has 1 aromatic heterocycles. The fraction of sp³-hybridized carbons (Fsp3) is 0.727. The topological polar surface area (TPSA) is 65.5 Å². The molecule has 4 rings (SSSR count). The Morgan fingerprint density at radius 1 is 1.22 bits per heavy atom. The Balaban J connectivity index is 1.46. The van der Waals surface area contributed by atoms with Gasteiger partial charge in [0.1, 0.15) is 5.82 Å². The van der Waals surface area contributed by atoms with Gasteiger partial charge in [-0.1, -0.05) is 19.3 Å². The van der Waals surface area contributed by atoms with Crippen LogP contribution in [0.3, 0.4) is 0 Å². The van der Waals surface area contributed by atoms with Crippen LogP contribution in [0.5, 0.6) is 0 Å². The van der Waals surface area contributed by atoms with Gasteiger partial charge < -0.3 is 15.3 Å². The molecule has 3 aliphatic rings. The molecule has 0 spiro atoms. The van der Waals surface area contributed by atoms with Gasteiger partial charge in [0, 0.05) is 43.9 Å². The number of carbonyl (C=O) groups is 1. The molecular formula is C22H33N3O2. The van der Waals surface area contributed by atoms with Crippen molar-refractivity contribution < 1.29 is 9.90 Å². The minimum atomic E-state index is 0.0861. The lowest BCUT2D eigenvalue weighted by atomic mass is 9.88. The number of pyridine rings is 1. The molecule has 2 heterocycles. The monoisotopic (exact) mass is 371 g/mol. The van der Waals surface area contributed by atoms with Crippen molar-refractivity contribution in [3.05, 3.63) is 23.4 Å². The van der Waals surface area contributed by atoms with E-state index in [-0.39, 0.29) is 18.3 Å². The predicted molar refractivity (Wildman–Crippen MR) is 107 cm³/mol. The van der Waals surface area contributed by atoms with Crippen LogP contribution >= 0.6 is 0 Å². The SMILES string of the molecule is CC(=O)c1cc(C2CC2)cnc1N1CCC(NC2CCCCC2)C(CO)C1. The van der Waals surface area contributed by atoms with Gasteiger partial charge in [-0.15, -0.1) is 0 Å². The van der Waals surface area contributed by atoms with Crippen LogP contribution in [0, 0.1) is 5.92 Å². The highest BCUT2D eigenvalue weighted by Gasteiger charge is 2.33. The van der Waals surface area contributed by atoms with Crippen LogP contribution < -0.4 is 10.2 Å². The minimum absolute atomic E-state index is 0.0861. The molecule has 0 radical (unpaired) electrons. The van der Waals surface area contributed by atoms with E-state index in [0.717, 1.165) is 30.9 Å². The first-order valence-corrected chi connectivity index (χ1v) is 10.8. The van der Waals surface area contributed by atoms with Crippen molar-refractivity contribution in [3.63, 3.8) is 0 Å². The third kappa shape index (κ3) is 4.35. The predicted octanol–water partition coefficient (Wildman–Crippen LogP) is 3.27. The molecule has 2 aliphatic carbocycles. The molecule has 5 heteroatoms. The first kappa shape index (κ1) is 18.9. The molecule has 3 fully saturated rings. The van der Waals surface area contributed by atoms with Crippen LogP contribution in [0.4, 0.5) is 5.82 Å².